The van der Waals surface area contributed by atoms with Gasteiger partial charge in [0.2, 0.25) is 0 Å². The van der Waals surface area contributed by atoms with E-state index in [4.69, 9.17) is 9.47 Å². The molecule has 4 rings (SSSR count). The number of aryl methyl sites for hydroxylation is 1. The van der Waals surface area contributed by atoms with Crippen molar-refractivity contribution >= 4 is 11.4 Å². The van der Waals surface area contributed by atoms with E-state index in [1.807, 2.05) is 30.7 Å². The van der Waals surface area contributed by atoms with Crippen molar-refractivity contribution in [2.24, 2.45) is 0 Å². The van der Waals surface area contributed by atoms with E-state index >= 15 is 0 Å². The number of hydrogen-bond donors (Lipinski definition) is 1. The smallest absolute Gasteiger partial charge is 0.103 e. The Bertz CT molecular complexity index is 666. The van der Waals surface area contributed by atoms with Crippen LogP contribution in [0.25, 0.3) is 0 Å². The number of fused-ring (bicyclic) bond motifs is 1. The van der Waals surface area contributed by atoms with E-state index in [1.54, 1.807) is 6.20 Å². The highest BCUT2D eigenvalue weighted by Crippen LogP contribution is 2.27. The lowest BCUT2D eigenvalue weighted by atomic mass is 10.2. The quantitative estimate of drug-likeness (QED) is 0.929. The number of nitrogens with one attached hydrogen (secondary N) is 1. The van der Waals surface area contributed by atoms with Crippen LogP contribution in [0, 0.1) is 6.92 Å². The number of ether oxygens (including phenoxy) is 2. The molecule has 0 aliphatic carbocycles. The van der Waals surface area contributed by atoms with Crippen molar-refractivity contribution in [3.63, 3.8) is 0 Å². The van der Waals surface area contributed by atoms with Crippen LogP contribution < -0.4 is 10.2 Å². The van der Waals surface area contributed by atoms with Gasteiger partial charge in [-0.15, -0.1) is 0 Å². The third kappa shape index (κ3) is 3.20. The van der Waals surface area contributed by atoms with E-state index in [1.165, 1.54) is 11.3 Å². The molecule has 4 heterocycles. The van der Waals surface area contributed by atoms with Gasteiger partial charge in [-0.1, -0.05) is 0 Å². The molecule has 24 heavy (non-hydrogen) atoms. The average molecular weight is 326 g/mol. The molecule has 0 radical (unpaired) electrons. The third-order valence-corrected chi connectivity index (χ3v) is 4.60. The molecule has 6 nitrogen and oxygen atoms in total. The lowest BCUT2D eigenvalue weighted by Crippen LogP contribution is -2.31. The Kier molecular flexibility index (Phi) is 4.32. The van der Waals surface area contributed by atoms with Crippen LogP contribution in [0.4, 0.5) is 11.4 Å². The van der Waals surface area contributed by atoms with Crippen LogP contribution in [0.1, 0.15) is 5.56 Å². The molecule has 2 saturated heterocycles. The second-order valence-electron chi connectivity index (χ2n) is 6.39. The summed E-state index contributed by atoms with van der Waals surface area (Å²) >= 11 is 0. The van der Waals surface area contributed by atoms with E-state index in [9.17, 15) is 0 Å². The Morgan fingerprint density at radius 2 is 1.79 bits per heavy atom. The van der Waals surface area contributed by atoms with Gasteiger partial charge in [0.15, 0.2) is 0 Å². The summed E-state index contributed by atoms with van der Waals surface area (Å²) in [4.78, 5) is 10.6. The number of pyridine rings is 2. The molecule has 0 aromatic carbocycles. The fourth-order valence-corrected chi connectivity index (χ4v) is 3.38. The molecule has 2 aromatic heterocycles. The summed E-state index contributed by atoms with van der Waals surface area (Å²) in [7, 11) is 0. The molecule has 2 fully saturated rings. The zero-order valence-electron chi connectivity index (χ0n) is 13.8. The maximum absolute atomic E-state index is 6.14. The first-order valence-corrected chi connectivity index (χ1v) is 8.35. The molecule has 0 spiro atoms. The largest absolute Gasteiger partial charge is 0.376 e. The summed E-state index contributed by atoms with van der Waals surface area (Å²) in [6.07, 6.45) is 7.55. The molecular weight excluding hydrogens is 304 g/mol. The first-order valence-electron chi connectivity index (χ1n) is 8.35. The number of anilines is 2. The Balaban J connectivity index is 1.38. The molecule has 0 amide bonds. The minimum atomic E-state index is 0.110. The molecule has 2 aliphatic heterocycles. The van der Waals surface area contributed by atoms with E-state index in [2.05, 4.69) is 33.2 Å². The van der Waals surface area contributed by atoms with E-state index in [-0.39, 0.29) is 18.2 Å². The predicted octanol–water partition coefficient (Wildman–Crippen LogP) is 1.87. The first kappa shape index (κ1) is 15.4. The van der Waals surface area contributed by atoms with Gasteiger partial charge in [-0.2, -0.15) is 0 Å². The lowest BCUT2D eigenvalue weighted by molar-refractivity contribution is -0.00461. The summed E-state index contributed by atoms with van der Waals surface area (Å²) in [6, 6.07) is 6.14. The van der Waals surface area contributed by atoms with Gasteiger partial charge in [0.1, 0.15) is 12.2 Å². The third-order valence-electron chi connectivity index (χ3n) is 4.60. The van der Waals surface area contributed by atoms with Gasteiger partial charge in [0.05, 0.1) is 24.9 Å². The monoisotopic (exact) mass is 326 g/mol. The number of rotatable bonds is 3. The van der Waals surface area contributed by atoms with Crippen LogP contribution in [0.5, 0.6) is 0 Å². The van der Waals surface area contributed by atoms with Crippen LogP contribution >= 0.6 is 0 Å². The zero-order valence-corrected chi connectivity index (χ0v) is 13.8. The van der Waals surface area contributed by atoms with E-state index < -0.39 is 0 Å². The van der Waals surface area contributed by atoms with Gasteiger partial charge in [-0.25, -0.2) is 0 Å². The molecule has 1 N–H and O–H groups in total. The maximum atomic E-state index is 6.14. The highest BCUT2D eigenvalue weighted by atomic mass is 16.6. The van der Waals surface area contributed by atoms with E-state index in [0.717, 1.165) is 18.8 Å². The van der Waals surface area contributed by atoms with Crippen molar-refractivity contribution in [2.75, 3.05) is 36.5 Å². The van der Waals surface area contributed by atoms with Gasteiger partial charge in [-0.05, 0) is 30.7 Å². The second-order valence-corrected chi connectivity index (χ2v) is 6.39. The van der Waals surface area contributed by atoms with Crippen molar-refractivity contribution in [2.45, 2.75) is 25.2 Å². The molecule has 0 bridgehead atoms. The van der Waals surface area contributed by atoms with Crippen LogP contribution in [0.15, 0.2) is 43.0 Å². The zero-order chi connectivity index (χ0) is 16.4. The van der Waals surface area contributed by atoms with Gasteiger partial charge in [-0.3, -0.25) is 9.97 Å². The summed E-state index contributed by atoms with van der Waals surface area (Å²) in [5, 5.41) is 3.43. The van der Waals surface area contributed by atoms with Gasteiger partial charge >= 0.3 is 0 Å². The fraction of sp³-hybridized carbons (Fsp3) is 0.444. The Morgan fingerprint density at radius 3 is 2.46 bits per heavy atom. The fourth-order valence-electron chi connectivity index (χ4n) is 3.38. The summed E-state index contributed by atoms with van der Waals surface area (Å²) in [6.45, 7) is 5.08. The van der Waals surface area contributed by atoms with Crippen molar-refractivity contribution in [3.8, 4) is 0 Å². The molecule has 126 valence electrons. The first-order chi connectivity index (χ1) is 11.8. The van der Waals surface area contributed by atoms with Gasteiger partial charge < -0.3 is 19.7 Å². The van der Waals surface area contributed by atoms with Crippen molar-refractivity contribution in [1.29, 1.82) is 0 Å². The maximum Gasteiger partial charge on any atom is 0.103 e. The van der Waals surface area contributed by atoms with Crippen molar-refractivity contribution < 1.29 is 9.47 Å². The molecule has 6 heteroatoms. The van der Waals surface area contributed by atoms with Gasteiger partial charge in [0.25, 0.3) is 0 Å². The Hall–Kier alpha value is -2.18. The minimum absolute atomic E-state index is 0.110. The average Bonchev–Trinajstić information content (AvgIpc) is 2.93. The molecule has 2 aromatic rings. The predicted molar refractivity (Wildman–Crippen MR) is 92.3 cm³/mol. The SMILES string of the molecule is Cc1cnccc1N1C[C@@H]2OCC(Nc3cccnc3)CO[C@H]2C1. The normalized spacial score (nSPS) is 24.5. The molecule has 2 aliphatic rings. The van der Waals surface area contributed by atoms with Crippen LogP contribution in [-0.2, 0) is 9.47 Å². The molecule has 2 atom stereocenters. The van der Waals surface area contributed by atoms with E-state index in [0.29, 0.717) is 13.2 Å². The standard InChI is InChI=1S/C18H22N4O2/c1-13-7-20-6-4-16(13)22-9-17-18(10-22)24-12-15(11-23-17)21-14-3-2-5-19-8-14/h2-8,15,17-18,21H,9-12H2,1H3/t17-,18-/m0/s1. The highest BCUT2D eigenvalue weighted by molar-refractivity contribution is 5.53. The lowest BCUT2D eigenvalue weighted by Gasteiger charge is -2.22. The van der Waals surface area contributed by atoms with Crippen LogP contribution in [0.2, 0.25) is 0 Å². The number of hydrogen-bond acceptors (Lipinski definition) is 6. The minimum Gasteiger partial charge on any atom is -0.376 e. The van der Waals surface area contributed by atoms with Crippen molar-refractivity contribution in [3.05, 3.63) is 48.5 Å². The molecule has 0 unspecified atom stereocenters. The topological polar surface area (TPSA) is 59.5 Å². The molecule has 0 saturated carbocycles. The highest BCUT2D eigenvalue weighted by Gasteiger charge is 2.37. The Labute approximate surface area is 141 Å². The van der Waals surface area contributed by atoms with Crippen molar-refractivity contribution in [1.82, 2.24) is 9.97 Å². The second kappa shape index (κ2) is 6.75. The summed E-state index contributed by atoms with van der Waals surface area (Å²) in [5.74, 6) is 0. The number of aromatic nitrogens is 2. The molecular formula is C18H22N4O2. The van der Waals surface area contributed by atoms with Crippen LogP contribution in [0.3, 0.4) is 0 Å². The Morgan fingerprint density at radius 1 is 1.04 bits per heavy atom. The summed E-state index contributed by atoms with van der Waals surface area (Å²) < 4.78 is 12.3. The van der Waals surface area contributed by atoms with Crippen LogP contribution in [-0.4, -0.2) is 54.5 Å². The van der Waals surface area contributed by atoms with Gasteiger partial charge in [0, 0.05) is 43.6 Å². The number of nitrogens with zero attached hydrogens (tertiary/aromatic N) is 3. The summed E-state index contributed by atoms with van der Waals surface area (Å²) in [5.41, 5.74) is 3.40.